The SMILES string of the molecule is CC(=O)N(/N=C/c1ccc(C)cc1)c1nc2ccc(F)cc2s1. The van der Waals surface area contributed by atoms with Gasteiger partial charge in [0.15, 0.2) is 0 Å². The summed E-state index contributed by atoms with van der Waals surface area (Å²) in [6.07, 6.45) is 1.60. The topological polar surface area (TPSA) is 45.6 Å². The first kappa shape index (κ1) is 15.3. The Hall–Kier alpha value is -2.60. The van der Waals surface area contributed by atoms with Crippen molar-refractivity contribution >= 4 is 38.8 Å². The Kier molecular flexibility index (Phi) is 4.16. The monoisotopic (exact) mass is 327 g/mol. The van der Waals surface area contributed by atoms with Crippen LogP contribution < -0.4 is 5.01 Å². The largest absolute Gasteiger partial charge is 0.273 e. The summed E-state index contributed by atoms with van der Waals surface area (Å²) in [4.78, 5) is 16.2. The van der Waals surface area contributed by atoms with Gasteiger partial charge in [0.1, 0.15) is 5.82 Å². The molecule has 0 bridgehead atoms. The number of nitrogens with zero attached hydrogens (tertiary/aromatic N) is 3. The van der Waals surface area contributed by atoms with Gasteiger partial charge in [0.25, 0.3) is 0 Å². The number of hydrazone groups is 1. The molecule has 0 aliphatic heterocycles. The molecule has 0 unspecified atom stereocenters. The molecule has 0 atom stereocenters. The van der Waals surface area contributed by atoms with E-state index in [1.165, 1.54) is 35.4 Å². The molecule has 2 aromatic carbocycles. The smallest absolute Gasteiger partial charge is 0.246 e. The number of fused-ring (bicyclic) bond motifs is 1. The highest BCUT2D eigenvalue weighted by Crippen LogP contribution is 2.29. The second kappa shape index (κ2) is 6.26. The van der Waals surface area contributed by atoms with Crippen molar-refractivity contribution in [1.82, 2.24) is 4.98 Å². The predicted octanol–water partition coefficient (Wildman–Crippen LogP) is 4.13. The van der Waals surface area contributed by atoms with Crippen molar-refractivity contribution in [2.45, 2.75) is 13.8 Å². The predicted molar refractivity (Wildman–Crippen MR) is 91.5 cm³/mol. The van der Waals surface area contributed by atoms with Gasteiger partial charge in [-0.25, -0.2) is 9.37 Å². The zero-order chi connectivity index (χ0) is 16.4. The maximum atomic E-state index is 13.3. The van der Waals surface area contributed by atoms with Gasteiger partial charge in [-0.3, -0.25) is 4.79 Å². The number of aromatic nitrogens is 1. The minimum Gasteiger partial charge on any atom is -0.273 e. The molecule has 0 radical (unpaired) electrons. The molecule has 3 aromatic rings. The molecule has 0 aliphatic carbocycles. The molecule has 1 amide bonds. The van der Waals surface area contributed by atoms with Crippen molar-refractivity contribution in [2.24, 2.45) is 5.10 Å². The molecule has 1 aromatic heterocycles. The lowest BCUT2D eigenvalue weighted by Crippen LogP contribution is -2.22. The van der Waals surface area contributed by atoms with E-state index >= 15 is 0 Å². The summed E-state index contributed by atoms with van der Waals surface area (Å²) in [5, 5.41) is 5.87. The highest BCUT2D eigenvalue weighted by molar-refractivity contribution is 7.22. The third-order valence-electron chi connectivity index (χ3n) is 3.22. The number of amides is 1. The zero-order valence-electron chi connectivity index (χ0n) is 12.7. The van der Waals surface area contributed by atoms with Gasteiger partial charge in [-0.1, -0.05) is 41.2 Å². The van der Waals surface area contributed by atoms with Crippen molar-refractivity contribution < 1.29 is 9.18 Å². The summed E-state index contributed by atoms with van der Waals surface area (Å²) < 4.78 is 14.0. The van der Waals surface area contributed by atoms with E-state index in [0.717, 1.165) is 11.1 Å². The van der Waals surface area contributed by atoms with E-state index in [4.69, 9.17) is 0 Å². The number of halogens is 1. The van der Waals surface area contributed by atoms with Crippen molar-refractivity contribution in [3.63, 3.8) is 0 Å². The summed E-state index contributed by atoms with van der Waals surface area (Å²) in [7, 11) is 0. The van der Waals surface area contributed by atoms with E-state index in [-0.39, 0.29) is 11.7 Å². The van der Waals surface area contributed by atoms with E-state index in [0.29, 0.717) is 15.3 Å². The van der Waals surface area contributed by atoms with Gasteiger partial charge in [-0.2, -0.15) is 10.1 Å². The molecular weight excluding hydrogens is 313 g/mol. The molecule has 0 aliphatic rings. The van der Waals surface area contributed by atoms with Crippen molar-refractivity contribution in [2.75, 3.05) is 5.01 Å². The number of carbonyl (C=O) groups is 1. The standard InChI is InChI=1S/C17H14FN3OS/c1-11-3-5-13(6-4-11)10-19-21(12(2)22)17-20-15-8-7-14(18)9-16(15)23-17/h3-10H,1-2H3/b19-10+. The summed E-state index contributed by atoms with van der Waals surface area (Å²) in [6.45, 7) is 3.42. The van der Waals surface area contributed by atoms with Crippen LogP contribution in [0.25, 0.3) is 10.2 Å². The van der Waals surface area contributed by atoms with Crippen LogP contribution in [0.15, 0.2) is 47.6 Å². The van der Waals surface area contributed by atoms with E-state index in [1.54, 1.807) is 12.3 Å². The number of carbonyl (C=O) groups excluding carboxylic acids is 1. The van der Waals surface area contributed by atoms with Crippen LogP contribution in [0.1, 0.15) is 18.1 Å². The van der Waals surface area contributed by atoms with Crippen molar-refractivity contribution in [3.05, 3.63) is 59.4 Å². The first-order chi connectivity index (χ1) is 11.0. The fourth-order valence-corrected chi connectivity index (χ4v) is 3.01. The molecule has 0 spiro atoms. The number of anilines is 1. The molecule has 3 rings (SSSR count). The van der Waals surface area contributed by atoms with Crippen LogP contribution in [-0.2, 0) is 4.79 Å². The van der Waals surface area contributed by atoms with Crippen LogP contribution in [0.2, 0.25) is 0 Å². The molecule has 6 heteroatoms. The molecule has 0 N–H and O–H groups in total. The van der Waals surface area contributed by atoms with E-state index < -0.39 is 0 Å². The van der Waals surface area contributed by atoms with Crippen LogP contribution >= 0.6 is 11.3 Å². The molecular formula is C17H14FN3OS. The maximum absolute atomic E-state index is 13.3. The molecule has 1 heterocycles. The Bertz CT molecular complexity index is 886. The average molecular weight is 327 g/mol. The normalized spacial score (nSPS) is 11.3. The van der Waals surface area contributed by atoms with Gasteiger partial charge in [0, 0.05) is 6.92 Å². The van der Waals surface area contributed by atoms with Crippen molar-refractivity contribution in [1.29, 1.82) is 0 Å². The van der Waals surface area contributed by atoms with Gasteiger partial charge in [-0.05, 0) is 30.7 Å². The molecule has 0 saturated heterocycles. The molecule has 4 nitrogen and oxygen atoms in total. The highest BCUT2D eigenvalue weighted by Gasteiger charge is 2.15. The fraction of sp³-hybridized carbons (Fsp3) is 0.118. The number of thiazole rings is 1. The summed E-state index contributed by atoms with van der Waals surface area (Å²) in [5.41, 5.74) is 2.68. The fourth-order valence-electron chi connectivity index (χ4n) is 2.02. The zero-order valence-corrected chi connectivity index (χ0v) is 13.5. The van der Waals surface area contributed by atoms with E-state index in [2.05, 4.69) is 10.1 Å². The molecule has 23 heavy (non-hydrogen) atoms. The van der Waals surface area contributed by atoms with Crippen LogP contribution in [0.5, 0.6) is 0 Å². The Labute approximate surface area is 136 Å². The highest BCUT2D eigenvalue weighted by atomic mass is 32.1. The summed E-state index contributed by atoms with van der Waals surface area (Å²) >= 11 is 1.23. The van der Waals surface area contributed by atoms with Crippen LogP contribution in [-0.4, -0.2) is 17.1 Å². The number of benzene rings is 2. The van der Waals surface area contributed by atoms with Crippen LogP contribution in [0, 0.1) is 12.7 Å². The first-order valence-corrected chi connectivity index (χ1v) is 7.82. The van der Waals surface area contributed by atoms with E-state index in [1.807, 2.05) is 31.2 Å². The Morgan fingerprint density at radius 1 is 1.26 bits per heavy atom. The van der Waals surface area contributed by atoms with Gasteiger partial charge >= 0.3 is 0 Å². The number of hydrogen-bond donors (Lipinski definition) is 0. The summed E-state index contributed by atoms with van der Waals surface area (Å²) in [5.74, 6) is -0.585. The third kappa shape index (κ3) is 3.43. The maximum Gasteiger partial charge on any atom is 0.246 e. The lowest BCUT2D eigenvalue weighted by Gasteiger charge is -2.10. The summed E-state index contributed by atoms with van der Waals surface area (Å²) in [6, 6.07) is 12.1. The number of rotatable bonds is 3. The first-order valence-electron chi connectivity index (χ1n) is 7.00. The molecule has 0 saturated carbocycles. The molecule has 0 fully saturated rings. The second-order valence-electron chi connectivity index (χ2n) is 5.09. The van der Waals surface area contributed by atoms with Crippen LogP contribution in [0.4, 0.5) is 9.52 Å². The lowest BCUT2D eigenvalue weighted by molar-refractivity contribution is -0.116. The Balaban J connectivity index is 1.93. The average Bonchev–Trinajstić information content (AvgIpc) is 2.91. The Morgan fingerprint density at radius 2 is 2.00 bits per heavy atom. The van der Waals surface area contributed by atoms with E-state index in [9.17, 15) is 9.18 Å². The lowest BCUT2D eigenvalue weighted by atomic mass is 10.2. The van der Waals surface area contributed by atoms with Crippen LogP contribution in [0.3, 0.4) is 0 Å². The second-order valence-corrected chi connectivity index (χ2v) is 6.10. The number of hydrogen-bond acceptors (Lipinski definition) is 4. The minimum absolute atomic E-state index is 0.257. The van der Waals surface area contributed by atoms with Gasteiger partial charge in [0.2, 0.25) is 11.0 Å². The number of aryl methyl sites for hydroxylation is 1. The van der Waals surface area contributed by atoms with Gasteiger partial charge < -0.3 is 0 Å². The minimum atomic E-state index is -0.328. The van der Waals surface area contributed by atoms with Gasteiger partial charge in [0.05, 0.1) is 16.4 Å². The van der Waals surface area contributed by atoms with Gasteiger partial charge in [-0.15, -0.1) is 0 Å². The molecule has 116 valence electrons. The third-order valence-corrected chi connectivity index (χ3v) is 4.21. The van der Waals surface area contributed by atoms with Crippen molar-refractivity contribution in [3.8, 4) is 0 Å². The quantitative estimate of drug-likeness (QED) is 0.536. The Morgan fingerprint density at radius 3 is 2.70 bits per heavy atom.